The number of hydrogen-bond donors (Lipinski definition) is 2. The Morgan fingerprint density at radius 1 is 1.16 bits per heavy atom. The van der Waals surface area contributed by atoms with Crippen LogP contribution >= 0.6 is 11.8 Å². The lowest BCUT2D eigenvalue weighted by Gasteiger charge is -2.32. The molecule has 2 aromatic carbocycles. The van der Waals surface area contributed by atoms with Gasteiger partial charge in [-0.15, -0.1) is 0 Å². The monoisotopic (exact) mass is 454 g/mol. The van der Waals surface area contributed by atoms with Crippen LogP contribution in [0.5, 0.6) is 0 Å². The maximum absolute atomic E-state index is 14.4. The predicted molar refractivity (Wildman–Crippen MR) is 124 cm³/mol. The minimum atomic E-state index is -0.713. The van der Waals surface area contributed by atoms with E-state index in [1.54, 1.807) is 18.3 Å². The van der Waals surface area contributed by atoms with Gasteiger partial charge in [0.1, 0.15) is 11.6 Å². The molecule has 2 N–H and O–H groups in total. The van der Waals surface area contributed by atoms with Gasteiger partial charge in [-0.1, -0.05) is 19.9 Å². The highest BCUT2D eigenvalue weighted by Gasteiger charge is 2.31. The highest BCUT2D eigenvalue weighted by atomic mass is 32.2. The Kier molecular flexibility index (Phi) is 5.90. The third-order valence-electron chi connectivity index (χ3n) is 5.76. The SMILES string of the molecule is CS[C@@H](C)c1cc(Nc2nccc(-c3ccc4c(c3)C(C)(C)CNC4=O)n2)c(F)cc1F. The highest BCUT2D eigenvalue weighted by Crippen LogP contribution is 2.34. The summed E-state index contributed by atoms with van der Waals surface area (Å²) >= 11 is 1.47. The molecule has 2 heterocycles. The Labute approximate surface area is 190 Å². The van der Waals surface area contributed by atoms with Crippen LogP contribution in [0, 0.1) is 11.6 Å². The molecule has 4 rings (SSSR count). The molecule has 5 nitrogen and oxygen atoms in total. The molecule has 0 saturated heterocycles. The number of thioether (sulfide) groups is 1. The Morgan fingerprint density at radius 2 is 1.94 bits per heavy atom. The zero-order valence-corrected chi connectivity index (χ0v) is 19.1. The van der Waals surface area contributed by atoms with Crippen LogP contribution < -0.4 is 10.6 Å². The van der Waals surface area contributed by atoms with E-state index in [1.807, 2.05) is 25.3 Å². The Hall–Kier alpha value is -3.00. The summed E-state index contributed by atoms with van der Waals surface area (Å²) in [6.07, 6.45) is 3.45. The molecule has 0 saturated carbocycles. The van der Waals surface area contributed by atoms with Gasteiger partial charge in [0, 0.05) is 46.2 Å². The van der Waals surface area contributed by atoms with E-state index in [2.05, 4.69) is 34.4 Å². The van der Waals surface area contributed by atoms with Crippen molar-refractivity contribution in [2.24, 2.45) is 0 Å². The lowest BCUT2D eigenvalue weighted by Crippen LogP contribution is -2.43. The summed E-state index contributed by atoms with van der Waals surface area (Å²) in [7, 11) is 0. The lowest BCUT2D eigenvalue weighted by atomic mass is 9.78. The van der Waals surface area contributed by atoms with E-state index in [0.717, 1.165) is 17.2 Å². The van der Waals surface area contributed by atoms with Crippen molar-refractivity contribution in [3.05, 3.63) is 70.9 Å². The minimum absolute atomic E-state index is 0.0852. The smallest absolute Gasteiger partial charge is 0.251 e. The number of anilines is 2. The number of hydrogen-bond acceptors (Lipinski definition) is 5. The normalized spacial score (nSPS) is 15.6. The van der Waals surface area contributed by atoms with Crippen molar-refractivity contribution in [3.63, 3.8) is 0 Å². The number of halogens is 2. The fraction of sp³-hybridized carbons (Fsp3) is 0.292. The predicted octanol–water partition coefficient (Wildman–Crippen LogP) is 5.61. The lowest BCUT2D eigenvalue weighted by molar-refractivity contribution is 0.0930. The standard InChI is InChI=1S/C24H24F2N4OS/c1-13(32-4)16-10-21(19(26)11-18(16)25)30-23-27-8-7-20(29-23)14-5-6-15-17(9-14)24(2,3)12-28-22(15)31/h5-11,13H,12H2,1-4H3,(H,28,31)(H,27,29,30)/t13-/m0/s1. The van der Waals surface area contributed by atoms with Gasteiger partial charge in [-0.05, 0) is 43.0 Å². The minimum Gasteiger partial charge on any atom is -0.351 e. The van der Waals surface area contributed by atoms with Crippen molar-refractivity contribution in [3.8, 4) is 11.3 Å². The number of aromatic nitrogens is 2. The molecule has 1 aliphatic rings. The van der Waals surface area contributed by atoms with Crippen LogP contribution in [0.3, 0.4) is 0 Å². The maximum atomic E-state index is 14.4. The maximum Gasteiger partial charge on any atom is 0.251 e. The average molecular weight is 455 g/mol. The number of carbonyl (C=O) groups excluding carboxylic acids is 1. The molecule has 1 atom stereocenters. The fourth-order valence-corrected chi connectivity index (χ4v) is 4.19. The van der Waals surface area contributed by atoms with Gasteiger partial charge in [-0.3, -0.25) is 4.79 Å². The van der Waals surface area contributed by atoms with Crippen LogP contribution in [0.25, 0.3) is 11.3 Å². The van der Waals surface area contributed by atoms with Crippen molar-refractivity contribution < 1.29 is 13.6 Å². The average Bonchev–Trinajstić information content (AvgIpc) is 2.78. The molecule has 3 aromatic rings. The Bertz CT molecular complexity index is 1200. The van der Waals surface area contributed by atoms with Gasteiger partial charge in [0.2, 0.25) is 5.95 Å². The number of fused-ring (bicyclic) bond motifs is 1. The first kappa shape index (κ1) is 22.2. The van der Waals surface area contributed by atoms with E-state index >= 15 is 0 Å². The third kappa shape index (κ3) is 4.19. The summed E-state index contributed by atoms with van der Waals surface area (Å²) in [6, 6.07) is 9.70. The second-order valence-corrected chi connectivity index (χ2v) is 9.63. The summed E-state index contributed by atoms with van der Waals surface area (Å²) in [6.45, 7) is 6.57. The number of nitrogens with zero attached hydrogens (tertiary/aromatic N) is 2. The van der Waals surface area contributed by atoms with Crippen molar-refractivity contribution in [2.45, 2.75) is 31.4 Å². The van der Waals surface area contributed by atoms with Crippen LogP contribution in [-0.4, -0.2) is 28.7 Å². The largest absolute Gasteiger partial charge is 0.351 e. The summed E-state index contributed by atoms with van der Waals surface area (Å²) in [4.78, 5) is 20.9. The number of rotatable bonds is 5. The molecule has 0 unspecified atom stereocenters. The quantitative estimate of drug-likeness (QED) is 0.525. The third-order valence-corrected chi connectivity index (χ3v) is 6.72. The number of nitrogens with one attached hydrogen (secondary N) is 2. The van der Waals surface area contributed by atoms with Gasteiger partial charge in [-0.25, -0.2) is 18.7 Å². The molecule has 1 aliphatic heterocycles. The summed E-state index contributed by atoms with van der Waals surface area (Å²) in [5.74, 6) is -1.18. The van der Waals surface area contributed by atoms with E-state index in [1.165, 1.54) is 17.8 Å². The summed E-state index contributed by atoms with van der Waals surface area (Å²) in [5.41, 5.74) is 3.37. The van der Waals surface area contributed by atoms with Gasteiger partial charge >= 0.3 is 0 Å². The van der Waals surface area contributed by atoms with Crippen molar-refractivity contribution >= 4 is 29.3 Å². The molecule has 0 aliphatic carbocycles. The first-order valence-electron chi connectivity index (χ1n) is 10.2. The molecule has 32 heavy (non-hydrogen) atoms. The topological polar surface area (TPSA) is 66.9 Å². The van der Waals surface area contributed by atoms with E-state index in [-0.39, 0.29) is 28.2 Å². The molecule has 0 bridgehead atoms. The molecule has 8 heteroatoms. The zero-order chi connectivity index (χ0) is 23.0. The number of amides is 1. The molecule has 0 spiro atoms. The summed E-state index contributed by atoms with van der Waals surface area (Å²) < 4.78 is 28.6. The van der Waals surface area contributed by atoms with Crippen LogP contribution in [0.4, 0.5) is 20.4 Å². The summed E-state index contributed by atoms with van der Waals surface area (Å²) in [5, 5.41) is 5.66. The van der Waals surface area contributed by atoms with Crippen molar-refractivity contribution in [1.82, 2.24) is 15.3 Å². The van der Waals surface area contributed by atoms with Crippen molar-refractivity contribution in [2.75, 3.05) is 18.1 Å². The van der Waals surface area contributed by atoms with Gasteiger partial charge < -0.3 is 10.6 Å². The Balaban J connectivity index is 1.68. The van der Waals surface area contributed by atoms with Crippen LogP contribution in [-0.2, 0) is 5.41 Å². The molecule has 0 fully saturated rings. The Morgan fingerprint density at radius 3 is 2.69 bits per heavy atom. The molecule has 1 aromatic heterocycles. The molecule has 1 amide bonds. The van der Waals surface area contributed by atoms with E-state index in [0.29, 0.717) is 23.4 Å². The van der Waals surface area contributed by atoms with Crippen molar-refractivity contribution in [1.29, 1.82) is 0 Å². The highest BCUT2D eigenvalue weighted by molar-refractivity contribution is 7.98. The van der Waals surface area contributed by atoms with E-state index < -0.39 is 11.6 Å². The van der Waals surface area contributed by atoms with Gasteiger partial charge in [0.25, 0.3) is 5.91 Å². The molecular weight excluding hydrogens is 430 g/mol. The molecule has 0 radical (unpaired) electrons. The second-order valence-electron chi connectivity index (χ2n) is 8.45. The molecule has 166 valence electrons. The first-order valence-corrected chi connectivity index (χ1v) is 11.5. The van der Waals surface area contributed by atoms with Crippen LogP contribution in [0.15, 0.2) is 42.6 Å². The fourth-order valence-electron chi connectivity index (χ4n) is 3.75. The zero-order valence-electron chi connectivity index (χ0n) is 18.3. The van der Waals surface area contributed by atoms with Gasteiger partial charge in [-0.2, -0.15) is 11.8 Å². The van der Waals surface area contributed by atoms with E-state index in [4.69, 9.17) is 0 Å². The van der Waals surface area contributed by atoms with Crippen LogP contribution in [0.1, 0.15) is 47.5 Å². The van der Waals surface area contributed by atoms with Gasteiger partial charge in [0.05, 0.1) is 11.4 Å². The van der Waals surface area contributed by atoms with Gasteiger partial charge in [0.15, 0.2) is 0 Å². The molecular formula is C24H24F2N4OS. The second kappa shape index (κ2) is 8.50. The first-order chi connectivity index (χ1) is 15.2. The number of carbonyl (C=O) groups is 1. The van der Waals surface area contributed by atoms with E-state index in [9.17, 15) is 13.6 Å². The number of benzene rings is 2. The van der Waals surface area contributed by atoms with Crippen LogP contribution in [0.2, 0.25) is 0 Å².